The molecule has 30 heavy (non-hydrogen) atoms. The lowest BCUT2D eigenvalue weighted by Crippen LogP contribution is -2.69. The number of alkyl halides is 4. The van der Waals surface area contributed by atoms with Gasteiger partial charge in [-0.05, 0) is 63.2 Å². The van der Waals surface area contributed by atoms with Crippen molar-refractivity contribution in [3.8, 4) is 0 Å². The fourth-order valence-electron chi connectivity index (χ4n) is 5.93. The minimum absolute atomic E-state index is 0.181. The van der Waals surface area contributed by atoms with Crippen LogP contribution in [0.25, 0.3) is 0 Å². The Morgan fingerprint density at radius 2 is 1.80 bits per heavy atom. The summed E-state index contributed by atoms with van der Waals surface area (Å²) in [5, 5.41) is 9.82. The molecular formula is C21H36F4N4O. The molecule has 3 saturated heterocycles. The van der Waals surface area contributed by atoms with E-state index in [0.29, 0.717) is 25.4 Å². The Bertz CT molecular complexity index is 538. The minimum Gasteiger partial charge on any atom is -0.381 e. The van der Waals surface area contributed by atoms with Crippen molar-refractivity contribution in [2.24, 2.45) is 17.8 Å². The van der Waals surface area contributed by atoms with Crippen molar-refractivity contribution in [3.63, 3.8) is 0 Å². The number of hydrogen-bond donors (Lipinski definition) is 3. The van der Waals surface area contributed by atoms with Gasteiger partial charge in [-0.15, -0.1) is 0 Å². The Kier molecular flexibility index (Phi) is 7.55. The topological polar surface area (TPSA) is 48.6 Å². The maximum absolute atomic E-state index is 15.5. The smallest absolute Gasteiger partial charge is 0.381 e. The van der Waals surface area contributed by atoms with E-state index in [1.165, 1.54) is 0 Å². The summed E-state index contributed by atoms with van der Waals surface area (Å²) in [4.78, 5) is 2.21. The highest BCUT2D eigenvalue weighted by Crippen LogP contribution is 2.43. The van der Waals surface area contributed by atoms with Gasteiger partial charge in [0.1, 0.15) is 0 Å². The van der Waals surface area contributed by atoms with Gasteiger partial charge in [0.05, 0.1) is 24.9 Å². The molecule has 4 aliphatic rings. The molecule has 4 rings (SSSR count). The second kappa shape index (κ2) is 9.98. The van der Waals surface area contributed by atoms with Crippen molar-refractivity contribution in [1.29, 1.82) is 0 Å². The maximum Gasteiger partial charge on any atom is 0.391 e. The molecule has 0 bridgehead atoms. The SMILES string of the molecule is FC1C(NCC2CCCOC2)NCNC1N1CCC[C@@H]1C1CCC(C(F)(F)F)CC1. The highest BCUT2D eigenvalue weighted by Gasteiger charge is 2.46. The van der Waals surface area contributed by atoms with Crippen molar-refractivity contribution in [2.45, 2.75) is 82.1 Å². The summed E-state index contributed by atoms with van der Waals surface area (Å²) in [6, 6.07) is 0.181. The number of ether oxygens (including phenoxy) is 1. The molecule has 0 aromatic heterocycles. The number of nitrogens with one attached hydrogen (secondary N) is 3. The fourth-order valence-corrected chi connectivity index (χ4v) is 5.93. The monoisotopic (exact) mass is 436 g/mol. The van der Waals surface area contributed by atoms with E-state index >= 15 is 4.39 Å². The lowest BCUT2D eigenvalue weighted by atomic mass is 9.77. The zero-order valence-electron chi connectivity index (χ0n) is 17.6. The first-order valence-electron chi connectivity index (χ1n) is 11.7. The van der Waals surface area contributed by atoms with Crippen molar-refractivity contribution in [3.05, 3.63) is 0 Å². The molecule has 174 valence electrons. The molecule has 3 aliphatic heterocycles. The van der Waals surface area contributed by atoms with Gasteiger partial charge in [0.2, 0.25) is 0 Å². The third kappa shape index (κ3) is 5.28. The van der Waals surface area contributed by atoms with Crippen LogP contribution in [0.5, 0.6) is 0 Å². The van der Waals surface area contributed by atoms with E-state index in [1.54, 1.807) is 0 Å². The predicted molar refractivity (Wildman–Crippen MR) is 106 cm³/mol. The normalized spacial score (nSPS) is 41.8. The summed E-state index contributed by atoms with van der Waals surface area (Å²) in [5.74, 6) is -0.503. The van der Waals surface area contributed by atoms with Gasteiger partial charge in [0.25, 0.3) is 0 Å². The first-order chi connectivity index (χ1) is 14.4. The number of nitrogens with zero attached hydrogens (tertiary/aromatic N) is 1. The van der Waals surface area contributed by atoms with Crippen molar-refractivity contribution in [2.75, 3.05) is 33.0 Å². The van der Waals surface area contributed by atoms with Crippen LogP contribution in [-0.2, 0) is 4.74 Å². The molecule has 4 fully saturated rings. The summed E-state index contributed by atoms with van der Waals surface area (Å²) in [5.41, 5.74) is 0. The van der Waals surface area contributed by atoms with Gasteiger partial charge < -0.3 is 4.74 Å². The van der Waals surface area contributed by atoms with Crippen LogP contribution in [0.1, 0.15) is 51.4 Å². The molecule has 5 nitrogen and oxygen atoms in total. The standard InChI is InChI=1S/C21H36F4N4O/c22-18-19(26-11-14-3-2-10-30-12-14)27-13-28-20(18)29-9-1-4-17(29)15-5-7-16(8-6-15)21(23,24)25/h14-20,26-28H,1-13H2/t14?,15?,16?,17-,18?,19?,20?/m1/s1. The minimum atomic E-state index is -4.08. The molecule has 0 radical (unpaired) electrons. The Labute approximate surface area is 176 Å². The molecule has 1 saturated carbocycles. The first kappa shape index (κ1) is 22.7. The maximum atomic E-state index is 15.5. The van der Waals surface area contributed by atoms with Crippen molar-refractivity contribution < 1.29 is 22.3 Å². The number of rotatable bonds is 5. The van der Waals surface area contributed by atoms with Crippen LogP contribution in [0, 0.1) is 17.8 Å². The first-order valence-corrected chi connectivity index (χ1v) is 11.7. The number of likely N-dealkylation sites (tertiary alicyclic amines) is 1. The molecule has 3 heterocycles. The number of halogens is 4. The van der Waals surface area contributed by atoms with Gasteiger partial charge in [-0.2, -0.15) is 13.2 Å². The molecule has 0 aromatic carbocycles. The lowest BCUT2D eigenvalue weighted by molar-refractivity contribution is -0.185. The zero-order valence-corrected chi connectivity index (χ0v) is 17.6. The van der Waals surface area contributed by atoms with Crippen LogP contribution < -0.4 is 16.0 Å². The predicted octanol–water partition coefficient (Wildman–Crippen LogP) is 2.98. The quantitative estimate of drug-likeness (QED) is 0.579. The third-order valence-corrected chi connectivity index (χ3v) is 7.61. The Morgan fingerprint density at radius 3 is 2.50 bits per heavy atom. The average molecular weight is 437 g/mol. The highest BCUT2D eigenvalue weighted by atomic mass is 19.4. The molecule has 9 heteroatoms. The second-order valence-corrected chi connectivity index (χ2v) is 9.54. The molecular weight excluding hydrogens is 400 g/mol. The van der Waals surface area contributed by atoms with Gasteiger partial charge in [-0.3, -0.25) is 20.9 Å². The summed E-state index contributed by atoms with van der Waals surface area (Å²) < 4.78 is 60.1. The fraction of sp³-hybridized carbons (Fsp3) is 1.00. The van der Waals surface area contributed by atoms with Gasteiger partial charge in [-0.25, -0.2) is 4.39 Å². The van der Waals surface area contributed by atoms with E-state index in [4.69, 9.17) is 4.74 Å². The summed E-state index contributed by atoms with van der Waals surface area (Å²) in [6.07, 6.45) is -0.286. The van der Waals surface area contributed by atoms with E-state index in [1.807, 2.05) is 0 Å². The molecule has 5 atom stereocenters. The van der Waals surface area contributed by atoms with Gasteiger partial charge in [0, 0.05) is 32.4 Å². The van der Waals surface area contributed by atoms with E-state index < -0.39 is 24.4 Å². The van der Waals surface area contributed by atoms with Crippen LogP contribution in [-0.4, -0.2) is 68.6 Å². The van der Waals surface area contributed by atoms with Crippen LogP contribution in [0.3, 0.4) is 0 Å². The summed E-state index contributed by atoms with van der Waals surface area (Å²) >= 11 is 0. The van der Waals surface area contributed by atoms with Crippen LogP contribution in [0.2, 0.25) is 0 Å². The molecule has 3 N–H and O–H groups in total. The lowest BCUT2D eigenvalue weighted by Gasteiger charge is -2.45. The van der Waals surface area contributed by atoms with Crippen molar-refractivity contribution in [1.82, 2.24) is 20.9 Å². The van der Waals surface area contributed by atoms with Gasteiger partial charge >= 0.3 is 6.18 Å². The second-order valence-electron chi connectivity index (χ2n) is 9.54. The largest absolute Gasteiger partial charge is 0.391 e. The summed E-state index contributed by atoms with van der Waals surface area (Å²) in [6.45, 7) is 3.61. The molecule has 1 aliphatic carbocycles. The van der Waals surface area contributed by atoms with Gasteiger partial charge in [-0.1, -0.05) is 0 Å². The van der Waals surface area contributed by atoms with E-state index in [2.05, 4.69) is 20.9 Å². The molecule has 0 amide bonds. The van der Waals surface area contributed by atoms with Gasteiger partial charge in [0.15, 0.2) is 6.17 Å². The van der Waals surface area contributed by atoms with E-state index in [9.17, 15) is 13.2 Å². The van der Waals surface area contributed by atoms with Crippen LogP contribution in [0.15, 0.2) is 0 Å². The highest BCUT2D eigenvalue weighted by molar-refractivity contribution is 4.97. The third-order valence-electron chi connectivity index (χ3n) is 7.61. The zero-order chi connectivity index (χ0) is 21.1. The average Bonchev–Trinajstić information content (AvgIpc) is 3.23. The molecule has 4 unspecified atom stereocenters. The Balaban J connectivity index is 1.31. The van der Waals surface area contributed by atoms with E-state index in [-0.39, 0.29) is 31.0 Å². The molecule has 0 spiro atoms. The van der Waals surface area contributed by atoms with Crippen LogP contribution >= 0.6 is 0 Å². The Morgan fingerprint density at radius 1 is 1.00 bits per heavy atom. The Hall–Kier alpha value is -0.480. The molecule has 0 aromatic rings. The number of hydrogen-bond acceptors (Lipinski definition) is 5. The van der Waals surface area contributed by atoms with E-state index in [0.717, 1.165) is 52.0 Å². The summed E-state index contributed by atoms with van der Waals surface area (Å²) in [7, 11) is 0. The van der Waals surface area contributed by atoms with Crippen LogP contribution in [0.4, 0.5) is 17.6 Å². The van der Waals surface area contributed by atoms with Crippen molar-refractivity contribution >= 4 is 0 Å².